The van der Waals surface area contributed by atoms with E-state index >= 15 is 0 Å². The van der Waals surface area contributed by atoms with Gasteiger partial charge in [0.1, 0.15) is 5.82 Å². The topological polar surface area (TPSA) is 32.3 Å². The number of carbonyl (C=O) groups is 1. The van der Waals surface area contributed by atoms with E-state index in [0.717, 1.165) is 13.0 Å². The van der Waals surface area contributed by atoms with Crippen LogP contribution in [0.25, 0.3) is 0 Å². The molecule has 1 heterocycles. The number of hydrogen-bond acceptors (Lipinski definition) is 2. The maximum Gasteiger partial charge on any atom is 0.224 e. The van der Waals surface area contributed by atoms with Crippen molar-refractivity contribution in [3.05, 3.63) is 35.6 Å². The van der Waals surface area contributed by atoms with Gasteiger partial charge in [-0.05, 0) is 50.5 Å². The van der Waals surface area contributed by atoms with Crippen LogP contribution in [0.1, 0.15) is 24.8 Å². The van der Waals surface area contributed by atoms with Crippen molar-refractivity contribution in [1.82, 2.24) is 10.2 Å². The van der Waals surface area contributed by atoms with Crippen molar-refractivity contribution < 1.29 is 9.18 Å². The fraction of sp³-hybridized carbons (Fsp3) is 0.533. The Balaban J connectivity index is 1.63. The summed E-state index contributed by atoms with van der Waals surface area (Å²) in [6.07, 6.45) is 3.67. The molecule has 1 aromatic carbocycles. The molecule has 1 fully saturated rings. The summed E-state index contributed by atoms with van der Waals surface area (Å²) >= 11 is 0. The first kappa shape index (κ1) is 14.0. The van der Waals surface area contributed by atoms with Crippen LogP contribution in [0.15, 0.2) is 24.3 Å². The van der Waals surface area contributed by atoms with E-state index in [0.29, 0.717) is 12.1 Å². The molecule has 104 valence electrons. The molecule has 1 saturated heterocycles. The number of amides is 1. The molecule has 0 unspecified atom stereocenters. The minimum absolute atomic E-state index is 0.105. The second-order valence-corrected chi connectivity index (χ2v) is 5.02. The van der Waals surface area contributed by atoms with Crippen LogP contribution in [0.4, 0.5) is 4.39 Å². The quantitative estimate of drug-likeness (QED) is 0.797. The van der Waals surface area contributed by atoms with Crippen molar-refractivity contribution in [1.29, 1.82) is 0 Å². The van der Waals surface area contributed by atoms with Gasteiger partial charge in [0.15, 0.2) is 0 Å². The summed E-state index contributed by atoms with van der Waals surface area (Å²) in [4.78, 5) is 14.1. The Labute approximate surface area is 113 Å². The van der Waals surface area contributed by atoms with Gasteiger partial charge in [-0.25, -0.2) is 4.39 Å². The molecular weight excluding hydrogens is 243 g/mol. The first-order valence-corrected chi connectivity index (χ1v) is 6.98. The van der Waals surface area contributed by atoms with Gasteiger partial charge in [0.05, 0.1) is 6.42 Å². The van der Waals surface area contributed by atoms with E-state index in [4.69, 9.17) is 0 Å². The lowest BCUT2D eigenvalue weighted by molar-refractivity contribution is -0.120. The molecule has 1 aromatic rings. The van der Waals surface area contributed by atoms with Gasteiger partial charge in [-0.3, -0.25) is 4.79 Å². The van der Waals surface area contributed by atoms with Crippen molar-refractivity contribution in [2.24, 2.45) is 0 Å². The van der Waals surface area contributed by atoms with E-state index in [1.807, 2.05) is 0 Å². The van der Waals surface area contributed by atoms with Crippen LogP contribution in [-0.4, -0.2) is 37.0 Å². The SMILES string of the molecule is O=C(Cc1ccccc1F)NCCCN1CCCC1. The van der Waals surface area contributed by atoms with Gasteiger partial charge in [-0.15, -0.1) is 0 Å². The van der Waals surface area contributed by atoms with E-state index in [2.05, 4.69) is 10.2 Å². The fourth-order valence-corrected chi connectivity index (χ4v) is 2.41. The third kappa shape index (κ3) is 4.63. The standard InChI is InChI=1S/C15H21FN2O/c16-14-7-2-1-6-13(14)12-15(19)17-8-5-11-18-9-3-4-10-18/h1-2,6-7H,3-5,8-12H2,(H,17,19). The summed E-state index contributed by atoms with van der Waals surface area (Å²) in [5.74, 6) is -0.416. The van der Waals surface area contributed by atoms with Crippen LogP contribution in [0.2, 0.25) is 0 Å². The van der Waals surface area contributed by atoms with Crippen molar-refractivity contribution in [3.63, 3.8) is 0 Å². The molecule has 1 amide bonds. The van der Waals surface area contributed by atoms with E-state index in [-0.39, 0.29) is 18.1 Å². The number of nitrogens with zero attached hydrogens (tertiary/aromatic N) is 1. The molecular formula is C15H21FN2O. The zero-order chi connectivity index (χ0) is 13.5. The normalized spacial score (nSPS) is 15.6. The first-order chi connectivity index (χ1) is 9.25. The average Bonchev–Trinajstić information content (AvgIpc) is 2.91. The minimum Gasteiger partial charge on any atom is -0.356 e. The maximum atomic E-state index is 13.4. The van der Waals surface area contributed by atoms with Gasteiger partial charge in [-0.1, -0.05) is 18.2 Å². The average molecular weight is 264 g/mol. The summed E-state index contributed by atoms with van der Waals surface area (Å²) < 4.78 is 13.4. The highest BCUT2D eigenvalue weighted by molar-refractivity contribution is 5.78. The van der Waals surface area contributed by atoms with E-state index in [1.54, 1.807) is 18.2 Å². The van der Waals surface area contributed by atoms with Gasteiger partial charge in [-0.2, -0.15) is 0 Å². The van der Waals surface area contributed by atoms with Crippen molar-refractivity contribution in [3.8, 4) is 0 Å². The lowest BCUT2D eigenvalue weighted by Gasteiger charge is -2.14. The van der Waals surface area contributed by atoms with Crippen LogP contribution >= 0.6 is 0 Å². The van der Waals surface area contributed by atoms with Gasteiger partial charge in [0, 0.05) is 6.54 Å². The lowest BCUT2D eigenvalue weighted by atomic mass is 10.1. The molecule has 0 spiro atoms. The Kier molecular flexibility index (Phi) is 5.33. The molecule has 19 heavy (non-hydrogen) atoms. The Morgan fingerprint density at radius 2 is 2.00 bits per heavy atom. The molecule has 0 saturated carbocycles. The molecule has 1 aliphatic rings. The lowest BCUT2D eigenvalue weighted by Crippen LogP contribution is -2.29. The smallest absolute Gasteiger partial charge is 0.224 e. The van der Waals surface area contributed by atoms with Crippen LogP contribution in [0, 0.1) is 5.82 Å². The van der Waals surface area contributed by atoms with E-state index in [9.17, 15) is 9.18 Å². The number of halogens is 1. The number of rotatable bonds is 6. The highest BCUT2D eigenvalue weighted by Crippen LogP contribution is 2.08. The fourth-order valence-electron chi connectivity index (χ4n) is 2.41. The van der Waals surface area contributed by atoms with Crippen LogP contribution in [-0.2, 0) is 11.2 Å². The Hall–Kier alpha value is -1.42. The second-order valence-electron chi connectivity index (χ2n) is 5.02. The molecule has 0 aromatic heterocycles. The van der Waals surface area contributed by atoms with Gasteiger partial charge in [0.25, 0.3) is 0 Å². The molecule has 0 bridgehead atoms. The number of benzene rings is 1. The number of nitrogens with one attached hydrogen (secondary N) is 1. The molecule has 0 atom stereocenters. The molecule has 0 aliphatic carbocycles. The summed E-state index contributed by atoms with van der Waals surface area (Å²) in [6.45, 7) is 4.08. The van der Waals surface area contributed by atoms with Crippen molar-refractivity contribution >= 4 is 5.91 Å². The first-order valence-electron chi connectivity index (χ1n) is 6.98. The highest BCUT2D eigenvalue weighted by Gasteiger charge is 2.11. The molecule has 3 nitrogen and oxygen atoms in total. The van der Waals surface area contributed by atoms with Gasteiger partial charge >= 0.3 is 0 Å². The number of carbonyl (C=O) groups excluding carboxylic acids is 1. The summed E-state index contributed by atoms with van der Waals surface area (Å²) in [5.41, 5.74) is 0.458. The molecule has 1 N–H and O–H groups in total. The molecule has 0 radical (unpaired) electrons. The number of hydrogen-bond donors (Lipinski definition) is 1. The predicted octanol–water partition coefficient (Wildman–Crippen LogP) is 1.97. The second kappa shape index (κ2) is 7.24. The van der Waals surface area contributed by atoms with E-state index < -0.39 is 0 Å². The highest BCUT2D eigenvalue weighted by atomic mass is 19.1. The van der Waals surface area contributed by atoms with Crippen LogP contribution in [0.3, 0.4) is 0 Å². The summed E-state index contributed by atoms with van der Waals surface area (Å²) in [5, 5.41) is 2.85. The molecule has 1 aliphatic heterocycles. The zero-order valence-electron chi connectivity index (χ0n) is 11.2. The van der Waals surface area contributed by atoms with Gasteiger partial charge < -0.3 is 10.2 Å². The maximum absolute atomic E-state index is 13.4. The monoisotopic (exact) mass is 264 g/mol. The Morgan fingerprint density at radius 1 is 1.26 bits per heavy atom. The summed E-state index contributed by atoms with van der Waals surface area (Å²) in [6, 6.07) is 6.42. The largest absolute Gasteiger partial charge is 0.356 e. The zero-order valence-corrected chi connectivity index (χ0v) is 11.2. The number of likely N-dealkylation sites (tertiary alicyclic amines) is 1. The molecule has 4 heteroatoms. The molecule has 2 rings (SSSR count). The van der Waals surface area contributed by atoms with E-state index in [1.165, 1.54) is 32.0 Å². The van der Waals surface area contributed by atoms with Crippen molar-refractivity contribution in [2.45, 2.75) is 25.7 Å². The van der Waals surface area contributed by atoms with Gasteiger partial charge in [0.2, 0.25) is 5.91 Å². The summed E-state index contributed by atoms with van der Waals surface area (Å²) in [7, 11) is 0. The van der Waals surface area contributed by atoms with Crippen LogP contribution in [0.5, 0.6) is 0 Å². The van der Waals surface area contributed by atoms with Crippen molar-refractivity contribution in [2.75, 3.05) is 26.2 Å². The third-order valence-corrected chi connectivity index (χ3v) is 3.48. The third-order valence-electron chi connectivity index (χ3n) is 3.48. The predicted molar refractivity (Wildman–Crippen MR) is 73.4 cm³/mol. The minimum atomic E-state index is -0.310. The van der Waals surface area contributed by atoms with Crippen LogP contribution < -0.4 is 5.32 Å². The Bertz CT molecular complexity index is 416. The Morgan fingerprint density at radius 3 is 2.74 bits per heavy atom.